The lowest BCUT2D eigenvalue weighted by Crippen LogP contribution is -2.40. The summed E-state index contributed by atoms with van der Waals surface area (Å²) >= 11 is 0. The Labute approximate surface area is 169 Å². The molecule has 12 heteroatoms. The van der Waals surface area contributed by atoms with Gasteiger partial charge in [0.1, 0.15) is 18.0 Å². The second kappa shape index (κ2) is 7.73. The predicted molar refractivity (Wildman–Crippen MR) is 105 cm³/mol. The monoisotopic (exact) mass is 449 g/mol. The minimum Gasteiger partial charge on any atom is -0.506 e. The van der Waals surface area contributed by atoms with E-state index in [9.17, 15) is 26.7 Å². The van der Waals surface area contributed by atoms with Crippen molar-refractivity contribution in [1.29, 1.82) is 0 Å². The summed E-state index contributed by atoms with van der Waals surface area (Å²) in [5.41, 5.74) is 0.0119. The highest BCUT2D eigenvalue weighted by molar-refractivity contribution is 7.92. The molecule has 29 heavy (non-hydrogen) atoms. The summed E-state index contributed by atoms with van der Waals surface area (Å²) in [6.45, 7) is 3.19. The van der Waals surface area contributed by atoms with Crippen LogP contribution in [-0.4, -0.2) is 46.2 Å². The average Bonchev–Trinajstić information content (AvgIpc) is 2.86. The van der Waals surface area contributed by atoms with Gasteiger partial charge in [0.25, 0.3) is 5.91 Å². The van der Waals surface area contributed by atoms with Gasteiger partial charge in [-0.2, -0.15) is 8.42 Å². The number of carbonyl (C=O) groups is 1. The molecule has 9 nitrogen and oxygen atoms in total. The number of nitrogens with one attached hydrogen (secondary N) is 2. The van der Waals surface area contributed by atoms with Gasteiger partial charge in [0.15, 0.2) is 5.82 Å². The van der Waals surface area contributed by atoms with E-state index in [2.05, 4.69) is 4.72 Å². The van der Waals surface area contributed by atoms with E-state index >= 15 is 4.39 Å². The zero-order chi connectivity index (χ0) is 21.6. The van der Waals surface area contributed by atoms with Gasteiger partial charge in [-0.1, -0.05) is 13.8 Å². The minimum absolute atomic E-state index is 0.0185. The van der Waals surface area contributed by atoms with E-state index in [-0.39, 0.29) is 23.7 Å². The van der Waals surface area contributed by atoms with Crippen molar-refractivity contribution >= 4 is 31.8 Å². The van der Waals surface area contributed by atoms with Crippen LogP contribution in [-0.2, 0) is 37.9 Å². The molecule has 0 saturated carbocycles. The van der Waals surface area contributed by atoms with Crippen LogP contribution in [0.15, 0.2) is 6.07 Å². The van der Waals surface area contributed by atoms with Crippen LogP contribution in [0.4, 0.5) is 10.1 Å². The highest BCUT2D eigenvalue weighted by Gasteiger charge is 2.39. The van der Waals surface area contributed by atoms with Gasteiger partial charge in [-0.05, 0) is 48.8 Å². The van der Waals surface area contributed by atoms with Crippen molar-refractivity contribution in [2.45, 2.75) is 45.6 Å². The number of aryl methyl sites for hydroxylation is 1. The van der Waals surface area contributed by atoms with Crippen molar-refractivity contribution in [3.63, 3.8) is 0 Å². The van der Waals surface area contributed by atoms with Gasteiger partial charge in [0.05, 0.1) is 5.75 Å². The molecule has 1 aromatic carbocycles. The number of sulfonamides is 1. The van der Waals surface area contributed by atoms with Crippen LogP contribution in [0.25, 0.3) is 0 Å². The standard InChI is InChI=1S/C17H24FN3O6S2/c1-10(2)5-6-28(24,25)19-12-4-3-11-7-14(22)17(16(18)13(11)8-12)21-9-15(23)20-29(21,26)27/h7,10,12,19,22H,3-6,8-9H2,1-2H3,(H,20,23). The lowest BCUT2D eigenvalue weighted by Gasteiger charge is -2.28. The molecule has 1 aliphatic heterocycles. The molecule has 2 aliphatic rings. The molecule has 1 unspecified atom stereocenters. The van der Waals surface area contributed by atoms with E-state index in [1.54, 1.807) is 4.72 Å². The molecule has 0 bridgehead atoms. The van der Waals surface area contributed by atoms with Gasteiger partial charge in [-0.25, -0.2) is 26.6 Å². The number of aromatic hydroxyl groups is 1. The molecule has 3 N–H and O–H groups in total. The van der Waals surface area contributed by atoms with Crippen LogP contribution in [0.3, 0.4) is 0 Å². The first-order valence-corrected chi connectivity index (χ1v) is 12.4. The average molecular weight is 450 g/mol. The third kappa shape index (κ3) is 4.64. The van der Waals surface area contributed by atoms with Crippen molar-refractivity contribution in [2.24, 2.45) is 5.92 Å². The Morgan fingerprint density at radius 1 is 1.41 bits per heavy atom. The Kier molecular flexibility index (Phi) is 5.80. The van der Waals surface area contributed by atoms with Crippen LogP contribution in [0, 0.1) is 11.7 Å². The fraction of sp³-hybridized carbons (Fsp3) is 0.588. The number of carbonyl (C=O) groups excluding carboxylic acids is 1. The topological polar surface area (TPSA) is 133 Å². The lowest BCUT2D eigenvalue weighted by atomic mass is 9.87. The summed E-state index contributed by atoms with van der Waals surface area (Å²) < 4.78 is 68.7. The first kappa shape index (κ1) is 21.8. The molecular formula is C17H24FN3O6S2. The SMILES string of the molecule is CC(C)CCS(=O)(=O)NC1CCc2cc(O)c(N3CC(=O)NS3(=O)=O)c(F)c2C1. The Morgan fingerprint density at radius 3 is 2.69 bits per heavy atom. The number of phenols is 1. The number of benzene rings is 1. The summed E-state index contributed by atoms with van der Waals surface area (Å²) in [6, 6.07) is 0.733. The summed E-state index contributed by atoms with van der Waals surface area (Å²) in [6.07, 6.45) is 1.26. The highest BCUT2D eigenvalue weighted by atomic mass is 32.2. The number of rotatable bonds is 6. The second-order valence-electron chi connectivity index (χ2n) is 7.79. The molecule has 0 spiro atoms. The molecule has 162 valence electrons. The number of hydrogen-bond acceptors (Lipinski definition) is 6. The smallest absolute Gasteiger partial charge is 0.326 e. The Balaban J connectivity index is 1.88. The van der Waals surface area contributed by atoms with Crippen LogP contribution in [0.1, 0.15) is 37.8 Å². The minimum atomic E-state index is -4.30. The number of halogens is 1. The third-order valence-electron chi connectivity index (χ3n) is 5.01. The number of fused-ring (bicyclic) bond motifs is 1. The summed E-state index contributed by atoms with van der Waals surface area (Å²) in [4.78, 5) is 11.5. The maximum absolute atomic E-state index is 15.2. The molecule has 1 atom stereocenters. The molecule has 1 fully saturated rings. The van der Waals surface area contributed by atoms with E-state index in [0.717, 1.165) is 0 Å². The van der Waals surface area contributed by atoms with Gasteiger partial charge in [-0.3, -0.25) is 4.79 Å². The molecular weight excluding hydrogens is 425 g/mol. The van der Waals surface area contributed by atoms with Crippen LogP contribution >= 0.6 is 0 Å². The first-order chi connectivity index (χ1) is 13.4. The van der Waals surface area contributed by atoms with Gasteiger partial charge < -0.3 is 5.11 Å². The van der Waals surface area contributed by atoms with Crippen molar-refractivity contribution < 1.29 is 31.1 Å². The number of amides is 1. The predicted octanol–water partition coefficient (Wildman–Crippen LogP) is 0.535. The van der Waals surface area contributed by atoms with Gasteiger partial charge in [-0.15, -0.1) is 0 Å². The maximum Gasteiger partial charge on any atom is 0.326 e. The largest absolute Gasteiger partial charge is 0.506 e. The van der Waals surface area contributed by atoms with Crippen LogP contribution in [0.2, 0.25) is 0 Å². The third-order valence-corrected chi connectivity index (χ3v) is 7.85. The number of hydrogen-bond donors (Lipinski definition) is 3. The highest BCUT2D eigenvalue weighted by Crippen LogP contribution is 2.39. The maximum atomic E-state index is 15.2. The van der Waals surface area contributed by atoms with Crippen molar-refractivity contribution in [2.75, 3.05) is 16.6 Å². The molecule has 1 aromatic rings. The second-order valence-corrected chi connectivity index (χ2v) is 11.3. The fourth-order valence-corrected chi connectivity index (χ4v) is 6.30. The quantitative estimate of drug-likeness (QED) is 0.580. The molecule has 1 aliphatic carbocycles. The molecule has 1 saturated heterocycles. The summed E-state index contributed by atoms with van der Waals surface area (Å²) in [5, 5.41) is 10.2. The molecule has 1 amide bonds. The van der Waals surface area contributed by atoms with Crippen LogP contribution in [0.5, 0.6) is 5.75 Å². The molecule has 0 aromatic heterocycles. The number of anilines is 1. The zero-order valence-corrected chi connectivity index (χ0v) is 17.7. The first-order valence-electron chi connectivity index (χ1n) is 9.26. The normalized spacial score (nSPS) is 21.3. The number of phenolic OH excluding ortho intramolecular Hbond substituents is 1. The molecule has 0 radical (unpaired) electrons. The van der Waals surface area contributed by atoms with E-state index in [0.29, 0.717) is 29.1 Å². The Bertz CT molecular complexity index is 1040. The van der Waals surface area contributed by atoms with E-state index < -0.39 is 56.0 Å². The van der Waals surface area contributed by atoms with Crippen molar-refractivity contribution in [3.05, 3.63) is 23.0 Å². The van der Waals surface area contributed by atoms with Crippen molar-refractivity contribution in [3.8, 4) is 5.75 Å². The Morgan fingerprint density at radius 2 is 2.10 bits per heavy atom. The number of nitrogens with zero attached hydrogens (tertiary/aromatic N) is 1. The van der Waals surface area contributed by atoms with E-state index in [1.165, 1.54) is 6.07 Å². The van der Waals surface area contributed by atoms with Crippen LogP contribution < -0.4 is 13.7 Å². The molecule has 3 rings (SSSR count). The fourth-order valence-electron chi connectivity index (χ4n) is 3.53. The van der Waals surface area contributed by atoms with Gasteiger partial charge >= 0.3 is 10.2 Å². The van der Waals surface area contributed by atoms with E-state index in [1.807, 2.05) is 13.8 Å². The Hall–Kier alpha value is -1.92. The summed E-state index contributed by atoms with van der Waals surface area (Å²) in [5.74, 6) is -2.20. The zero-order valence-electron chi connectivity index (χ0n) is 16.1. The van der Waals surface area contributed by atoms with Gasteiger partial charge in [0, 0.05) is 6.04 Å². The van der Waals surface area contributed by atoms with Crippen molar-refractivity contribution in [1.82, 2.24) is 9.44 Å². The lowest BCUT2D eigenvalue weighted by molar-refractivity contribution is -0.117. The van der Waals surface area contributed by atoms with E-state index in [4.69, 9.17) is 0 Å². The van der Waals surface area contributed by atoms with Gasteiger partial charge in [0.2, 0.25) is 10.0 Å². The molecule has 1 heterocycles. The summed E-state index contributed by atoms with van der Waals surface area (Å²) in [7, 11) is -7.83.